The van der Waals surface area contributed by atoms with Crippen molar-refractivity contribution in [3.05, 3.63) is 42.0 Å². The lowest BCUT2D eigenvalue weighted by molar-refractivity contribution is -0.130. The average Bonchev–Trinajstić information content (AvgIpc) is 2.16. The number of hydrogen-bond acceptors (Lipinski definition) is 1. The van der Waals surface area contributed by atoms with Gasteiger partial charge >= 0.3 is 5.97 Å². The van der Waals surface area contributed by atoms with Gasteiger partial charge in [-0.1, -0.05) is 30.7 Å². The number of terminal acetylenes is 1. The van der Waals surface area contributed by atoms with Gasteiger partial charge in [0.25, 0.3) is 0 Å². The molecular weight excluding hydrogens is 164 g/mol. The fourth-order valence-corrected chi connectivity index (χ4v) is 0.987. The molecule has 1 rings (SSSR count). The number of carboxylic acid groups (broad SMARTS) is 1. The summed E-state index contributed by atoms with van der Waals surface area (Å²) in [6.45, 7) is 3.44. The van der Waals surface area contributed by atoms with E-state index in [0.717, 1.165) is 0 Å². The van der Waals surface area contributed by atoms with Crippen LogP contribution in [0.25, 0.3) is 5.57 Å². The van der Waals surface area contributed by atoms with Crippen LogP contribution in [0.5, 0.6) is 0 Å². The highest BCUT2D eigenvalue weighted by Gasteiger charge is 2.09. The minimum atomic E-state index is -1.05. The number of carboxylic acids is 1. The highest BCUT2D eigenvalue weighted by Crippen LogP contribution is 2.16. The molecule has 0 radical (unpaired) electrons. The van der Waals surface area contributed by atoms with Crippen LogP contribution in [0.2, 0.25) is 0 Å². The second-order valence-corrected chi connectivity index (χ2v) is 2.47. The van der Waals surface area contributed by atoms with Crippen LogP contribution >= 0.6 is 0 Å². The van der Waals surface area contributed by atoms with Crippen molar-refractivity contribution < 1.29 is 9.90 Å². The number of carbonyl (C=O) groups is 1. The molecule has 0 aliphatic carbocycles. The van der Waals surface area contributed by atoms with Crippen LogP contribution in [-0.4, -0.2) is 11.1 Å². The van der Waals surface area contributed by atoms with Crippen molar-refractivity contribution in [2.24, 2.45) is 0 Å². The molecular formula is C11H8O2. The van der Waals surface area contributed by atoms with Crippen LogP contribution in [-0.2, 0) is 4.79 Å². The molecule has 0 saturated carbocycles. The normalized spacial score (nSPS) is 8.85. The molecule has 0 unspecified atom stereocenters. The van der Waals surface area contributed by atoms with Crippen molar-refractivity contribution in [2.45, 2.75) is 0 Å². The standard InChI is InChI=1S/C11H8O2/c1-3-9-6-4-5-7-10(9)8(2)11(12)13/h1,4-7H,2H2,(H,12,13). The van der Waals surface area contributed by atoms with E-state index in [1.807, 2.05) is 0 Å². The molecule has 0 spiro atoms. The van der Waals surface area contributed by atoms with Crippen molar-refractivity contribution in [3.63, 3.8) is 0 Å². The average molecular weight is 172 g/mol. The Kier molecular flexibility index (Phi) is 2.51. The summed E-state index contributed by atoms with van der Waals surface area (Å²) in [5.41, 5.74) is 1.07. The van der Waals surface area contributed by atoms with E-state index in [9.17, 15) is 4.79 Å². The fraction of sp³-hybridized carbons (Fsp3) is 0. The maximum Gasteiger partial charge on any atom is 0.335 e. The summed E-state index contributed by atoms with van der Waals surface area (Å²) >= 11 is 0. The summed E-state index contributed by atoms with van der Waals surface area (Å²) in [6, 6.07) is 6.81. The molecule has 1 N–H and O–H groups in total. The minimum Gasteiger partial charge on any atom is -0.478 e. The van der Waals surface area contributed by atoms with Crippen LogP contribution < -0.4 is 0 Å². The van der Waals surface area contributed by atoms with Gasteiger partial charge < -0.3 is 5.11 Å². The van der Waals surface area contributed by atoms with Gasteiger partial charge in [0, 0.05) is 11.1 Å². The summed E-state index contributed by atoms with van der Waals surface area (Å²) in [5, 5.41) is 8.69. The molecule has 2 nitrogen and oxygen atoms in total. The summed E-state index contributed by atoms with van der Waals surface area (Å²) in [4.78, 5) is 10.6. The third-order valence-corrected chi connectivity index (χ3v) is 1.67. The Morgan fingerprint density at radius 2 is 2.08 bits per heavy atom. The first-order valence-electron chi connectivity index (χ1n) is 3.65. The third-order valence-electron chi connectivity index (χ3n) is 1.67. The maximum absolute atomic E-state index is 10.6. The Bertz CT molecular complexity index is 397. The number of hydrogen-bond donors (Lipinski definition) is 1. The molecule has 0 saturated heterocycles. The topological polar surface area (TPSA) is 37.3 Å². The van der Waals surface area contributed by atoms with Gasteiger partial charge in [0.2, 0.25) is 0 Å². The van der Waals surface area contributed by atoms with Crippen LogP contribution in [0.4, 0.5) is 0 Å². The van der Waals surface area contributed by atoms with Gasteiger partial charge in [-0.2, -0.15) is 0 Å². The zero-order chi connectivity index (χ0) is 9.84. The van der Waals surface area contributed by atoms with E-state index < -0.39 is 5.97 Å². The summed E-state index contributed by atoms with van der Waals surface area (Å²) in [6.07, 6.45) is 5.20. The van der Waals surface area contributed by atoms with Gasteiger partial charge in [-0.15, -0.1) is 6.42 Å². The molecule has 13 heavy (non-hydrogen) atoms. The van der Waals surface area contributed by atoms with Gasteiger partial charge in [-0.3, -0.25) is 0 Å². The molecule has 1 aromatic carbocycles. The molecule has 0 amide bonds. The van der Waals surface area contributed by atoms with Gasteiger partial charge in [0.15, 0.2) is 0 Å². The third kappa shape index (κ3) is 1.77. The summed E-state index contributed by atoms with van der Waals surface area (Å²) in [5.74, 6) is 1.35. The van der Waals surface area contributed by atoms with Crippen molar-refractivity contribution in [2.75, 3.05) is 0 Å². The first-order chi connectivity index (χ1) is 6.16. The van der Waals surface area contributed by atoms with Gasteiger partial charge in [0.05, 0.1) is 5.57 Å². The zero-order valence-corrected chi connectivity index (χ0v) is 6.95. The van der Waals surface area contributed by atoms with E-state index in [4.69, 9.17) is 11.5 Å². The molecule has 0 aliphatic heterocycles. The van der Waals surface area contributed by atoms with Crippen LogP contribution in [0.1, 0.15) is 11.1 Å². The number of rotatable bonds is 2. The van der Waals surface area contributed by atoms with Gasteiger partial charge in [0.1, 0.15) is 0 Å². The van der Waals surface area contributed by atoms with E-state index in [2.05, 4.69) is 12.5 Å². The van der Waals surface area contributed by atoms with Crippen LogP contribution in [0, 0.1) is 12.3 Å². The van der Waals surface area contributed by atoms with E-state index in [-0.39, 0.29) is 5.57 Å². The largest absolute Gasteiger partial charge is 0.478 e. The van der Waals surface area contributed by atoms with E-state index >= 15 is 0 Å². The number of benzene rings is 1. The Hall–Kier alpha value is -2.01. The molecule has 1 aromatic rings. The highest BCUT2D eigenvalue weighted by atomic mass is 16.4. The highest BCUT2D eigenvalue weighted by molar-refractivity contribution is 6.15. The number of aliphatic carboxylic acids is 1. The van der Waals surface area contributed by atoms with Crippen LogP contribution in [0.3, 0.4) is 0 Å². The van der Waals surface area contributed by atoms with Crippen molar-refractivity contribution in [1.82, 2.24) is 0 Å². The monoisotopic (exact) mass is 172 g/mol. The first kappa shape index (κ1) is 9.08. The van der Waals surface area contributed by atoms with E-state index in [0.29, 0.717) is 11.1 Å². The Morgan fingerprint density at radius 3 is 2.62 bits per heavy atom. The summed E-state index contributed by atoms with van der Waals surface area (Å²) in [7, 11) is 0. The molecule has 0 fully saturated rings. The molecule has 0 bridgehead atoms. The molecule has 64 valence electrons. The molecule has 0 aliphatic rings. The van der Waals surface area contributed by atoms with Crippen LogP contribution in [0.15, 0.2) is 30.8 Å². The zero-order valence-electron chi connectivity index (χ0n) is 6.95. The molecule has 2 heteroatoms. The summed E-state index contributed by atoms with van der Waals surface area (Å²) < 4.78 is 0. The maximum atomic E-state index is 10.6. The molecule has 0 atom stereocenters. The lowest BCUT2D eigenvalue weighted by Gasteiger charge is -2.02. The van der Waals surface area contributed by atoms with E-state index in [1.165, 1.54) is 0 Å². The van der Waals surface area contributed by atoms with Crippen molar-refractivity contribution in [1.29, 1.82) is 0 Å². The molecule has 0 heterocycles. The Morgan fingerprint density at radius 1 is 1.46 bits per heavy atom. The fourth-order valence-electron chi connectivity index (χ4n) is 0.987. The predicted octanol–water partition coefficient (Wildman–Crippen LogP) is 1.77. The van der Waals surface area contributed by atoms with Gasteiger partial charge in [-0.25, -0.2) is 4.79 Å². The van der Waals surface area contributed by atoms with Crippen molar-refractivity contribution in [3.8, 4) is 12.3 Å². The lowest BCUT2D eigenvalue weighted by Crippen LogP contribution is -1.99. The second-order valence-electron chi connectivity index (χ2n) is 2.47. The van der Waals surface area contributed by atoms with Crippen molar-refractivity contribution >= 4 is 11.5 Å². The first-order valence-corrected chi connectivity index (χ1v) is 3.65. The minimum absolute atomic E-state index is 0.0218. The second kappa shape index (κ2) is 3.59. The SMILES string of the molecule is C#Cc1ccccc1C(=C)C(=O)O. The Labute approximate surface area is 76.5 Å². The quantitative estimate of drug-likeness (QED) is 0.545. The Balaban J connectivity index is 3.23. The smallest absolute Gasteiger partial charge is 0.335 e. The molecule has 0 aromatic heterocycles. The lowest BCUT2D eigenvalue weighted by atomic mass is 10.0. The van der Waals surface area contributed by atoms with Gasteiger partial charge in [-0.05, 0) is 6.07 Å². The predicted molar refractivity (Wildman–Crippen MR) is 51.0 cm³/mol. The van der Waals surface area contributed by atoms with E-state index in [1.54, 1.807) is 24.3 Å².